The van der Waals surface area contributed by atoms with E-state index in [0.29, 0.717) is 5.11 Å². The minimum atomic E-state index is 0.602. The molecule has 0 bridgehead atoms. The molecular formula is C16H18ClN3S2. The van der Waals surface area contributed by atoms with Gasteiger partial charge in [-0.05, 0) is 48.5 Å². The van der Waals surface area contributed by atoms with E-state index in [1.807, 2.05) is 49.0 Å². The molecule has 0 amide bonds. The number of aromatic nitrogens is 1. The zero-order valence-electron chi connectivity index (χ0n) is 12.3. The Morgan fingerprint density at radius 3 is 2.95 bits per heavy atom. The van der Waals surface area contributed by atoms with E-state index in [-0.39, 0.29) is 0 Å². The maximum Gasteiger partial charge on any atom is 0.171 e. The Kier molecular flexibility index (Phi) is 6.96. The zero-order chi connectivity index (χ0) is 15.8. The van der Waals surface area contributed by atoms with Gasteiger partial charge < -0.3 is 10.6 Å². The van der Waals surface area contributed by atoms with Crippen molar-refractivity contribution in [2.75, 3.05) is 17.6 Å². The van der Waals surface area contributed by atoms with Crippen molar-refractivity contribution in [3.05, 3.63) is 58.7 Å². The molecule has 2 rings (SSSR count). The van der Waals surface area contributed by atoms with Crippen LogP contribution in [0.3, 0.4) is 0 Å². The predicted molar refractivity (Wildman–Crippen MR) is 101 cm³/mol. The summed E-state index contributed by atoms with van der Waals surface area (Å²) in [5, 5.41) is 7.68. The van der Waals surface area contributed by atoms with E-state index in [1.165, 1.54) is 5.56 Å². The standard InChI is InChI=1S/C16H18ClN3S2/c1-12-4-3-7-18-15(12)20-16(21)19-8-9-22-11-13-5-2-6-14(17)10-13/h2-7,10H,8-9,11H2,1H3,(H2,18,19,20,21). The summed E-state index contributed by atoms with van der Waals surface area (Å²) in [6.45, 7) is 2.81. The molecule has 0 atom stereocenters. The fraction of sp³-hybridized carbons (Fsp3) is 0.250. The lowest BCUT2D eigenvalue weighted by Gasteiger charge is -2.11. The minimum Gasteiger partial charge on any atom is -0.362 e. The lowest BCUT2D eigenvalue weighted by Crippen LogP contribution is -2.30. The Hall–Kier alpha value is -1.30. The molecule has 0 aliphatic rings. The van der Waals surface area contributed by atoms with Crippen LogP contribution in [0.15, 0.2) is 42.6 Å². The zero-order valence-corrected chi connectivity index (χ0v) is 14.7. The van der Waals surface area contributed by atoms with Crippen molar-refractivity contribution >= 4 is 46.5 Å². The van der Waals surface area contributed by atoms with E-state index in [4.69, 9.17) is 23.8 Å². The highest BCUT2D eigenvalue weighted by Crippen LogP contribution is 2.16. The highest BCUT2D eigenvalue weighted by atomic mass is 35.5. The molecule has 1 aromatic carbocycles. The van der Waals surface area contributed by atoms with Crippen molar-refractivity contribution in [3.8, 4) is 0 Å². The van der Waals surface area contributed by atoms with E-state index < -0.39 is 0 Å². The third-order valence-corrected chi connectivity index (χ3v) is 4.44. The Labute approximate surface area is 145 Å². The molecule has 0 saturated carbocycles. The SMILES string of the molecule is Cc1cccnc1NC(=S)NCCSCc1cccc(Cl)c1. The van der Waals surface area contributed by atoms with Crippen LogP contribution in [0.1, 0.15) is 11.1 Å². The summed E-state index contributed by atoms with van der Waals surface area (Å²) < 4.78 is 0. The summed E-state index contributed by atoms with van der Waals surface area (Å²) in [6.07, 6.45) is 1.75. The smallest absolute Gasteiger partial charge is 0.171 e. The number of anilines is 1. The minimum absolute atomic E-state index is 0.602. The summed E-state index contributed by atoms with van der Waals surface area (Å²) in [6, 6.07) is 11.9. The normalized spacial score (nSPS) is 10.3. The Morgan fingerprint density at radius 2 is 2.18 bits per heavy atom. The van der Waals surface area contributed by atoms with Gasteiger partial charge in [0.25, 0.3) is 0 Å². The maximum atomic E-state index is 5.96. The van der Waals surface area contributed by atoms with Gasteiger partial charge >= 0.3 is 0 Å². The van der Waals surface area contributed by atoms with Crippen molar-refractivity contribution in [3.63, 3.8) is 0 Å². The number of hydrogen-bond acceptors (Lipinski definition) is 3. The van der Waals surface area contributed by atoms with Gasteiger partial charge in [-0.3, -0.25) is 0 Å². The molecule has 1 heterocycles. The predicted octanol–water partition coefficient (Wildman–Crippen LogP) is 4.26. The largest absolute Gasteiger partial charge is 0.362 e. The summed E-state index contributed by atoms with van der Waals surface area (Å²) >= 11 is 13.1. The van der Waals surface area contributed by atoms with E-state index in [9.17, 15) is 0 Å². The first-order valence-corrected chi connectivity index (χ1v) is 8.88. The molecule has 0 fully saturated rings. The molecule has 0 aliphatic carbocycles. The number of thioether (sulfide) groups is 1. The van der Waals surface area contributed by atoms with Crippen LogP contribution in [0.2, 0.25) is 5.02 Å². The summed E-state index contributed by atoms with van der Waals surface area (Å²) in [7, 11) is 0. The number of thiocarbonyl (C=S) groups is 1. The Bertz CT molecular complexity index is 634. The first-order chi connectivity index (χ1) is 10.6. The van der Waals surface area contributed by atoms with Crippen LogP contribution in [-0.4, -0.2) is 22.4 Å². The second-order valence-electron chi connectivity index (χ2n) is 4.73. The number of hydrogen-bond donors (Lipinski definition) is 2. The molecule has 0 radical (unpaired) electrons. The fourth-order valence-electron chi connectivity index (χ4n) is 1.82. The lowest BCUT2D eigenvalue weighted by molar-refractivity contribution is 0.987. The summed E-state index contributed by atoms with van der Waals surface area (Å²) in [4.78, 5) is 4.25. The van der Waals surface area contributed by atoms with Crippen LogP contribution < -0.4 is 10.6 Å². The van der Waals surface area contributed by atoms with Gasteiger partial charge in [-0.2, -0.15) is 11.8 Å². The number of pyridine rings is 1. The van der Waals surface area contributed by atoms with Crippen LogP contribution in [0.25, 0.3) is 0 Å². The number of halogens is 1. The fourth-order valence-corrected chi connectivity index (χ4v) is 3.04. The van der Waals surface area contributed by atoms with Crippen molar-refractivity contribution < 1.29 is 0 Å². The van der Waals surface area contributed by atoms with Crippen LogP contribution >= 0.6 is 35.6 Å². The molecule has 116 valence electrons. The van der Waals surface area contributed by atoms with Gasteiger partial charge in [0.2, 0.25) is 0 Å². The average Bonchev–Trinajstić information content (AvgIpc) is 2.49. The molecule has 6 heteroatoms. The van der Waals surface area contributed by atoms with Crippen molar-refractivity contribution in [2.24, 2.45) is 0 Å². The molecule has 0 spiro atoms. The number of benzene rings is 1. The van der Waals surface area contributed by atoms with Gasteiger partial charge in [0.05, 0.1) is 0 Å². The van der Waals surface area contributed by atoms with E-state index in [2.05, 4.69) is 21.7 Å². The van der Waals surface area contributed by atoms with Crippen LogP contribution in [-0.2, 0) is 5.75 Å². The van der Waals surface area contributed by atoms with Gasteiger partial charge in [-0.25, -0.2) is 4.98 Å². The molecule has 22 heavy (non-hydrogen) atoms. The van der Waals surface area contributed by atoms with Crippen LogP contribution in [0.5, 0.6) is 0 Å². The number of nitrogens with one attached hydrogen (secondary N) is 2. The van der Waals surface area contributed by atoms with E-state index >= 15 is 0 Å². The lowest BCUT2D eigenvalue weighted by atomic mass is 10.2. The number of nitrogens with zero attached hydrogens (tertiary/aromatic N) is 1. The van der Waals surface area contributed by atoms with Gasteiger partial charge in [-0.1, -0.05) is 29.8 Å². The second-order valence-corrected chi connectivity index (χ2v) is 6.68. The van der Waals surface area contributed by atoms with E-state index in [1.54, 1.807) is 6.20 Å². The highest BCUT2D eigenvalue weighted by molar-refractivity contribution is 7.98. The molecule has 2 aromatic rings. The second kappa shape index (κ2) is 8.98. The van der Waals surface area contributed by atoms with Gasteiger partial charge in [0.15, 0.2) is 5.11 Å². The molecule has 2 N–H and O–H groups in total. The highest BCUT2D eigenvalue weighted by Gasteiger charge is 2.01. The van der Waals surface area contributed by atoms with Crippen LogP contribution in [0.4, 0.5) is 5.82 Å². The summed E-state index contributed by atoms with van der Waals surface area (Å²) in [5.74, 6) is 2.71. The van der Waals surface area contributed by atoms with E-state index in [0.717, 1.165) is 34.5 Å². The Morgan fingerprint density at radius 1 is 1.32 bits per heavy atom. The molecule has 0 saturated heterocycles. The first kappa shape index (κ1) is 17.1. The molecular weight excluding hydrogens is 334 g/mol. The van der Waals surface area contributed by atoms with Crippen molar-refractivity contribution in [2.45, 2.75) is 12.7 Å². The topological polar surface area (TPSA) is 37.0 Å². The Balaban J connectivity index is 1.64. The molecule has 1 aromatic heterocycles. The van der Waals surface area contributed by atoms with Crippen molar-refractivity contribution in [1.82, 2.24) is 10.3 Å². The van der Waals surface area contributed by atoms with Crippen LogP contribution in [0, 0.1) is 6.92 Å². The number of rotatable bonds is 6. The number of aryl methyl sites for hydroxylation is 1. The monoisotopic (exact) mass is 351 g/mol. The maximum absolute atomic E-state index is 5.96. The quantitative estimate of drug-likeness (QED) is 0.600. The summed E-state index contributed by atoms with van der Waals surface area (Å²) in [5.41, 5.74) is 2.31. The van der Waals surface area contributed by atoms with Crippen molar-refractivity contribution in [1.29, 1.82) is 0 Å². The molecule has 3 nitrogen and oxygen atoms in total. The molecule has 0 unspecified atom stereocenters. The van der Waals surface area contributed by atoms with Gasteiger partial charge in [0.1, 0.15) is 5.82 Å². The third kappa shape index (κ3) is 5.83. The first-order valence-electron chi connectivity index (χ1n) is 6.94. The molecule has 0 aliphatic heterocycles. The van der Waals surface area contributed by atoms with Gasteiger partial charge in [-0.15, -0.1) is 0 Å². The average molecular weight is 352 g/mol. The van der Waals surface area contributed by atoms with Gasteiger partial charge in [0, 0.05) is 29.3 Å². The third-order valence-electron chi connectivity index (χ3n) is 2.93.